The van der Waals surface area contributed by atoms with Gasteiger partial charge in [0.05, 0.1) is 11.2 Å². The zero-order valence-corrected chi connectivity index (χ0v) is 14.9. The second-order valence-electron chi connectivity index (χ2n) is 7.13. The highest BCUT2D eigenvalue weighted by atomic mass is 32.2. The Bertz CT molecular complexity index is 504. The molecule has 5 nitrogen and oxygen atoms in total. The van der Waals surface area contributed by atoms with Crippen LogP contribution in [0.3, 0.4) is 0 Å². The molecule has 1 saturated heterocycles. The average molecular weight is 330 g/mol. The van der Waals surface area contributed by atoms with Crippen molar-refractivity contribution < 1.29 is 13.2 Å². The zero-order valence-electron chi connectivity index (χ0n) is 14.1. The van der Waals surface area contributed by atoms with E-state index in [1.807, 2.05) is 6.92 Å². The van der Waals surface area contributed by atoms with E-state index in [9.17, 15) is 13.2 Å². The summed E-state index contributed by atoms with van der Waals surface area (Å²) in [6.45, 7) is 7.30. The Balaban J connectivity index is 2.19. The number of hydrogen-bond donors (Lipinski definition) is 1. The van der Waals surface area contributed by atoms with Gasteiger partial charge in [0.2, 0.25) is 15.9 Å². The number of nitrogens with zero attached hydrogens (tertiary/aromatic N) is 1. The predicted octanol–water partition coefficient (Wildman–Crippen LogP) is 2.13. The topological polar surface area (TPSA) is 66.5 Å². The van der Waals surface area contributed by atoms with Gasteiger partial charge in [-0.15, -0.1) is 0 Å². The minimum absolute atomic E-state index is 0.0752. The summed E-state index contributed by atoms with van der Waals surface area (Å²) in [4.78, 5) is 12.9. The van der Waals surface area contributed by atoms with Crippen LogP contribution in [0, 0.1) is 11.3 Å². The van der Waals surface area contributed by atoms with Gasteiger partial charge in [-0.3, -0.25) is 4.79 Å². The summed E-state index contributed by atoms with van der Waals surface area (Å²) in [5.41, 5.74) is -0.503. The van der Waals surface area contributed by atoms with Crippen LogP contribution in [0.1, 0.15) is 59.3 Å². The van der Waals surface area contributed by atoms with Crippen molar-refractivity contribution in [2.45, 2.75) is 65.3 Å². The molecule has 22 heavy (non-hydrogen) atoms. The molecule has 2 rings (SSSR count). The van der Waals surface area contributed by atoms with E-state index < -0.39 is 15.4 Å². The van der Waals surface area contributed by atoms with E-state index in [0.29, 0.717) is 25.4 Å². The number of rotatable bonds is 5. The Kier molecular flexibility index (Phi) is 5.54. The van der Waals surface area contributed by atoms with Crippen molar-refractivity contribution in [3.8, 4) is 0 Å². The molecule has 0 unspecified atom stereocenters. The summed E-state index contributed by atoms with van der Waals surface area (Å²) in [7, 11) is -3.20. The highest BCUT2D eigenvalue weighted by Crippen LogP contribution is 2.46. The third-order valence-corrected chi connectivity index (χ3v) is 7.22. The van der Waals surface area contributed by atoms with Crippen molar-refractivity contribution in [3.63, 3.8) is 0 Å². The first-order chi connectivity index (χ1) is 10.3. The molecule has 0 radical (unpaired) electrons. The van der Waals surface area contributed by atoms with Gasteiger partial charge in [0.25, 0.3) is 0 Å². The summed E-state index contributed by atoms with van der Waals surface area (Å²) in [6.07, 6.45) is 5.09. The van der Waals surface area contributed by atoms with Gasteiger partial charge in [-0.2, -0.15) is 4.31 Å². The number of sulfonamides is 1. The molecule has 1 amide bonds. The summed E-state index contributed by atoms with van der Waals surface area (Å²) in [6, 6.07) is -0.149. The third-order valence-electron chi connectivity index (χ3n) is 5.27. The molecule has 1 N–H and O–H groups in total. The molecule has 0 spiro atoms. The smallest absolute Gasteiger partial charge is 0.227 e. The van der Waals surface area contributed by atoms with Crippen LogP contribution in [-0.4, -0.2) is 43.5 Å². The molecular formula is C16H30N2O3S. The van der Waals surface area contributed by atoms with E-state index in [1.54, 1.807) is 4.31 Å². The maximum absolute atomic E-state index is 12.9. The van der Waals surface area contributed by atoms with Gasteiger partial charge in [0, 0.05) is 19.1 Å². The number of nitrogens with one attached hydrogen (secondary N) is 1. The molecule has 0 aromatic heterocycles. The van der Waals surface area contributed by atoms with Gasteiger partial charge < -0.3 is 5.32 Å². The number of carbonyl (C=O) groups is 1. The van der Waals surface area contributed by atoms with Crippen molar-refractivity contribution in [2.24, 2.45) is 11.3 Å². The number of fused-ring (bicyclic) bond motifs is 1. The lowest BCUT2D eigenvalue weighted by molar-refractivity contribution is -0.137. The lowest BCUT2D eigenvalue weighted by Crippen LogP contribution is -2.62. The van der Waals surface area contributed by atoms with E-state index in [2.05, 4.69) is 19.2 Å². The Morgan fingerprint density at radius 1 is 1.32 bits per heavy atom. The standard InChI is InChI=1S/C16H30N2O3S/c1-4-18-14-7-5-6-9-16(14,10-12-22(18,20)21)15(19)17-11-8-13(2)3/h13-14H,4-12H2,1-3H3,(H,17,19)/t14-,16-/m1/s1. The quantitative estimate of drug-likeness (QED) is 0.840. The molecule has 1 aliphatic carbocycles. The van der Waals surface area contributed by atoms with Crippen LogP contribution in [0.4, 0.5) is 0 Å². The minimum Gasteiger partial charge on any atom is -0.356 e. The Morgan fingerprint density at radius 3 is 2.68 bits per heavy atom. The predicted molar refractivity (Wildman–Crippen MR) is 87.9 cm³/mol. The molecule has 1 heterocycles. The zero-order chi connectivity index (χ0) is 16.4. The molecule has 1 aliphatic heterocycles. The molecule has 0 bridgehead atoms. The molecule has 0 aromatic carbocycles. The maximum Gasteiger partial charge on any atom is 0.227 e. The van der Waals surface area contributed by atoms with Crippen molar-refractivity contribution in [3.05, 3.63) is 0 Å². The Morgan fingerprint density at radius 2 is 2.05 bits per heavy atom. The molecule has 6 heteroatoms. The van der Waals surface area contributed by atoms with Crippen LogP contribution in [0.15, 0.2) is 0 Å². The minimum atomic E-state index is -3.20. The van der Waals surface area contributed by atoms with Gasteiger partial charge in [-0.05, 0) is 31.6 Å². The fourth-order valence-electron chi connectivity index (χ4n) is 4.00. The molecule has 2 aliphatic rings. The third kappa shape index (κ3) is 3.32. The number of hydrogen-bond acceptors (Lipinski definition) is 3. The normalized spacial score (nSPS) is 31.7. The van der Waals surface area contributed by atoms with E-state index in [-0.39, 0.29) is 17.7 Å². The van der Waals surface area contributed by atoms with E-state index in [0.717, 1.165) is 32.1 Å². The first kappa shape index (κ1) is 17.7. The van der Waals surface area contributed by atoms with Gasteiger partial charge in [-0.25, -0.2) is 8.42 Å². The number of carbonyl (C=O) groups excluding carboxylic acids is 1. The van der Waals surface area contributed by atoms with Crippen LogP contribution < -0.4 is 5.32 Å². The lowest BCUT2D eigenvalue weighted by atomic mass is 9.67. The number of amides is 1. The molecule has 2 fully saturated rings. The Labute approximate surface area is 134 Å². The van der Waals surface area contributed by atoms with Crippen molar-refractivity contribution in [1.29, 1.82) is 0 Å². The lowest BCUT2D eigenvalue weighted by Gasteiger charge is -2.50. The largest absolute Gasteiger partial charge is 0.356 e. The Hall–Kier alpha value is -0.620. The van der Waals surface area contributed by atoms with Crippen LogP contribution >= 0.6 is 0 Å². The van der Waals surface area contributed by atoms with Gasteiger partial charge in [0.1, 0.15) is 0 Å². The fourth-order valence-corrected chi connectivity index (χ4v) is 5.95. The van der Waals surface area contributed by atoms with Crippen molar-refractivity contribution in [1.82, 2.24) is 9.62 Å². The van der Waals surface area contributed by atoms with Crippen LogP contribution in [0.2, 0.25) is 0 Å². The monoisotopic (exact) mass is 330 g/mol. The van der Waals surface area contributed by atoms with Crippen molar-refractivity contribution in [2.75, 3.05) is 18.8 Å². The van der Waals surface area contributed by atoms with E-state index in [1.165, 1.54) is 0 Å². The highest BCUT2D eigenvalue weighted by molar-refractivity contribution is 7.89. The second kappa shape index (κ2) is 6.87. The second-order valence-corrected chi connectivity index (χ2v) is 9.17. The summed E-state index contributed by atoms with van der Waals surface area (Å²) in [5.74, 6) is 0.736. The van der Waals surface area contributed by atoms with E-state index >= 15 is 0 Å². The first-order valence-corrected chi connectivity index (χ1v) is 10.2. The van der Waals surface area contributed by atoms with Crippen LogP contribution in [-0.2, 0) is 14.8 Å². The van der Waals surface area contributed by atoms with Gasteiger partial charge in [0.15, 0.2) is 0 Å². The molecule has 128 valence electrons. The van der Waals surface area contributed by atoms with Crippen LogP contribution in [0.5, 0.6) is 0 Å². The summed E-state index contributed by atoms with van der Waals surface area (Å²) >= 11 is 0. The van der Waals surface area contributed by atoms with Crippen molar-refractivity contribution >= 4 is 15.9 Å². The summed E-state index contributed by atoms with van der Waals surface area (Å²) < 4.78 is 26.3. The van der Waals surface area contributed by atoms with Gasteiger partial charge >= 0.3 is 0 Å². The van der Waals surface area contributed by atoms with Gasteiger partial charge in [-0.1, -0.05) is 33.6 Å². The fraction of sp³-hybridized carbons (Fsp3) is 0.938. The maximum atomic E-state index is 12.9. The first-order valence-electron chi connectivity index (χ1n) is 8.61. The molecular weight excluding hydrogens is 300 g/mol. The summed E-state index contributed by atoms with van der Waals surface area (Å²) in [5, 5.41) is 3.09. The SMILES string of the molecule is CCN1[C@@H]2CCCC[C@@]2(C(=O)NCCC(C)C)CCS1(=O)=O. The van der Waals surface area contributed by atoms with E-state index in [4.69, 9.17) is 0 Å². The van der Waals surface area contributed by atoms with Crippen LogP contribution in [0.25, 0.3) is 0 Å². The molecule has 2 atom stereocenters. The molecule has 0 aromatic rings. The highest BCUT2D eigenvalue weighted by Gasteiger charge is 2.54. The molecule has 1 saturated carbocycles. The average Bonchev–Trinajstić information content (AvgIpc) is 2.46.